The van der Waals surface area contributed by atoms with Gasteiger partial charge in [0.15, 0.2) is 5.69 Å². The molecule has 0 unspecified atom stereocenters. The van der Waals surface area contributed by atoms with E-state index < -0.39 is 11.5 Å². The zero-order valence-corrected chi connectivity index (χ0v) is 17.9. The Hall–Kier alpha value is -3.67. The number of hydrogen-bond donors (Lipinski definition) is 1. The predicted molar refractivity (Wildman–Crippen MR) is 117 cm³/mol. The third kappa shape index (κ3) is 4.74. The first-order valence-corrected chi connectivity index (χ1v) is 9.58. The molecule has 1 heterocycles. The number of nitriles is 1. The summed E-state index contributed by atoms with van der Waals surface area (Å²) in [6, 6.07) is 13.2. The second-order valence-corrected chi connectivity index (χ2v) is 7.06. The van der Waals surface area contributed by atoms with Gasteiger partial charge < -0.3 is 4.74 Å². The third-order valence-corrected chi connectivity index (χ3v) is 5.04. The summed E-state index contributed by atoms with van der Waals surface area (Å²) in [7, 11) is 1.51. The number of hydrazone groups is 1. The molecule has 0 aliphatic heterocycles. The Labute approximate surface area is 187 Å². The van der Waals surface area contributed by atoms with Crippen LogP contribution in [0.5, 0.6) is 5.75 Å². The van der Waals surface area contributed by atoms with Gasteiger partial charge >= 0.3 is 0 Å². The summed E-state index contributed by atoms with van der Waals surface area (Å²) in [6.45, 7) is 1.48. The normalized spacial score (nSPS) is 10.7. The predicted octanol–water partition coefficient (Wildman–Crippen LogP) is 3.49. The van der Waals surface area contributed by atoms with Crippen molar-refractivity contribution in [2.24, 2.45) is 5.10 Å². The van der Waals surface area contributed by atoms with Crippen molar-refractivity contribution in [2.45, 2.75) is 6.92 Å². The Kier molecular flexibility index (Phi) is 6.70. The van der Waals surface area contributed by atoms with Gasteiger partial charge in [0.2, 0.25) is 0 Å². The molecule has 156 valence electrons. The van der Waals surface area contributed by atoms with E-state index in [9.17, 15) is 14.9 Å². The van der Waals surface area contributed by atoms with Crippen LogP contribution in [0, 0.1) is 18.3 Å². The molecule has 0 atom stereocenters. The Morgan fingerprint density at radius 2 is 1.94 bits per heavy atom. The summed E-state index contributed by atoms with van der Waals surface area (Å²) in [4.78, 5) is 25.3. The van der Waals surface area contributed by atoms with Crippen molar-refractivity contribution in [1.82, 2.24) is 15.2 Å². The Morgan fingerprint density at radius 1 is 1.23 bits per heavy atom. The Balaban J connectivity index is 1.94. The fraction of sp³-hybridized carbons (Fsp3) is 0.0952. The molecule has 1 amide bonds. The average molecular weight is 456 g/mol. The lowest BCUT2D eigenvalue weighted by molar-refractivity contribution is 0.0947. The van der Waals surface area contributed by atoms with Gasteiger partial charge in [0.25, 0.3) is 11.5 Å². The minimum atomic E-state index is -0.687. The number of ether oxygens (including phenoxy) is 1. The summed E-state index contributed by atoms with van der Waals surface area (Å²) < 4.78 is 6.09. The summed E-state index contributed by atoms with van der Waals surface area (Å²) >= 11 is 11.8. The number of rotatable bonds is 5. The second-order valence-electron chi connectivity index (χ2n) is 6.25. The van der Waals surface area contributed by atoms with E-state index in [1.165, 1.54) is 20.2 Å². The van der Waals surface area contributed by atoms with Gasteiger partial charge in [0, 0.05) is 5.56 Å². The van der Waals surface area contributed by atoms with Crippen molar-refractivity contribution in [3.05, 3.63) is 85.2 Å². The van der Waals surface area contributed by atoms with Gasteiger partial charge in [-0.25, -0.2) is 5.43 Å². The smallest absolute Gasteiger partial charge is 0.292 e. The molecule has 1 N–H and O–H groups in total. The molecule has 1 aromatic heterocycles. The van der Waals surface area contributed by atoms with Gasteiger partial charge in [-0.15, -0.1) is 0 Å². The number of methoxy groups -OCH3 is 1. The maximum Gasteiger partial charge on any atom is 0.292 e. The molecule has 3 rings (SSSR count). The monoisotopic (exact) mass is 455 g/mol. The number of benzene rings is 2. The van der Waals surface area contributed by atoms with Gasteiger partial charge in [-0.2, -0.15) is 20.1 Å². The van der Waals surface area contributed by atoms with E-state index in [0.717, 1.165) is 4.68 Å². The van der Waals surface area contributed by atoms with Crippen LogP contribution in [0.25, 0.3) is 5.69 Å². The van der Waals surface area contributed by atoms with Gasteiger partial charge in [0.05, 0.1) is 29.1 Å². The van der Waals surface area contributed by atoms with Crippen LogP contribution < -0.4 is 15.7 Å². The topological polar surface area (TPSA) is 109 Å². The van der Waals surface area contributed by atoms with E-state index in [2.05, 4.69) is 15.6 Å². The lowest BCUT2D eigenvalue weighted by Crippen LogP contribution is -2.31. The summed E-state index contributed by atoms with van der Waals surface area (Å²) in [5.74, 6) is -0.105. The highest BCUT2D eigenvalue weighted by atomic mass is 35.5. The van der Waals surface area contributed by atoms with E-state index in [1.807, 2.05) is 6.07 Å². The van der Waals surface area contributed by atoms with E-state index >= 15 is 0 Å². The first kappa shape index (κ1) is 22.0. The van der Waals surface area contributed by atoms with Crippen LogP contribution in [0.15, 0.2) is 52.4 Å². The lowest BCUT2D eigenvalue weighted by atomic mass is 10.1. The number of aromatic nitrogens is 2. The molecule has 0 bridgehead atoms. The first-order valence-electron chi connectivity index (χ1n) is 8.82. The minimum Gasteiger partial charge on any atom is -0.497 e. The molecular formula is C21H15Cl2N5O3. The molecule has 3 aromatic rings. The first-order chi connectivity index (χ1) is 14.8. The molecule has 0 fully saturated rings. The molecular weight excluding hydrogens is 441 g/mol. The van der Waals surface area contributed by atoms with Crippen molar-refractivity contribution in [3.63, 3.8) is 0 Å². The van der Waals surface area contributed by atoms with E-state index in [-0.39, 0.29) is 16.8 Å². The van der Waals surface area contributed by atoms with Crippen LogP contribution in [0.3, 0.4) is 0 Å². The van der Waals surface area contributed by atoms with Crippen molar-refractivity contribution in [3.8, 4) is 17.5 Å². The Morgan fingerprint density at radius 3 is 2.55 bits per heavy atom. The molecule has 0 spiro atoms. The quantitative estimate of drug-likeness (QED) is 0.467. The molecule has 10 heteroatoms. The van der Waals surface area contributed by atoms with E-state index in [4.69, 9.17) is 27.9 Å². The van der Waals surface area contributed by atoms with Crippen molar-refractivity contribution in [1.29, 1.82) is 5.26 Å². The van der Waals surface area contributed by atoms with Crippen LogP contribution in [-0.2, 0) is 0 Å². The maximum atomic E-state index is 12.7. The number of nitrogens with zero attached hydrogens (tertiary/aromatic N) is 4. The average Bonchev–Trinajstić information content (AvgIpc) is 2.77. The van der Waals surface area contributed by atoms with Crippen molar-refractivity contribution in [2.75, 3.05) is 7.11 Å². The van der Waals surface area contributed by atoms with Crippen molar-refractivity contribution < 1.29 is 9.53 Å². The SMILES string of the molecule is COc1ccc(-n2nc(C(=O)NN=Cc3ccc(Cl)c(Cl)c3)c(C)c(C#N)c2=O)cc1. The number of nitrogens with one attached hydrogen (secondary N) is 1. The largest absolute Gasteiger partial charge is 0.497 e. The highest BCUT2D eigenvalue weighted by Crippen LogP contribution is 2.21. The number of amides is 1. The minimum absolute atomic E-state index is 0.113. The van der Waals surface area contributed by atoms with Crippen LogP contribution in [0.1, 0.15) is 27.2 Å². The number of hydrogen-bond acceptors (Lipinski definition) is 6. The molecule has 0 saturated heterocycles. The zero-order chi connectivity index (χ0) is 22.5. The van der Waals surface area contributed by atoms with Gasteiger partial charge in [-0.05, 0) is 48.9 Å². The lowest BCUT2D eigenvalue weighted by Gasteiger charge is -2.11. The van der Waals surface area contributed by atoms with Gasteiger partial charge in [0.1, 0.15) is 17.4 Å². The second kappa shape index (κ2) is 9.43. The molecule has 31 heavy (non-hydrogen) atoms. The highest BCUT2D eigenvalue weighted by molar-refractivity contribution is 6.42. The highest BCUT2D eigenvalue weighted by Gasteiger charge is 2.20. The molecule has 0 aliphatic carbocycles. The maximum absolute atomic E-state index is 12.7. The fourth-order valence-corrected chi connectivity index (χ4v) is 2.97. The molecule has 0 saturated carbocycles. The van der Waals surface area contributed by atoms with Crippen LogP contribution in [0.2, 0.25) is 10.0 Å². The van der Waals surface area contributed by atoms with Crippen LogP contribution in [-0.4, -0.2) is 29.0 Å². The van der Waals surface area contributed by atoms with Crippen molar-refractivity contribution >= 4 is 35.3 Å². The van der Waals surface area contributed by atoms with Gasteiger partial charge in [-0.3, -0.25) is 9.59 Å². The fourth-order valence-electron chi connectivity index (χ4n) is 2.66. The molecule has 0 aliphatic rings. The standard InChI is InChI=1S/C21H15Cl2N5O3/c1-12-16(10-24)21(30)28(14-4-6-15(31-2)7-5-14)27-19(12)20(29)26-25-11-13-3-8-17(22)18(23)9-13/h3-9,11H,1-2H3,(H,26,29). The zero-order valence-electron chi connectivity index (χ0n) is 16.4. The molecule has 8 nitrogen and oxygen atoms in total. The van der Waals surface area contributed by atoms with Crippen LogP contribution in [0.4, 0.5) is 0 Å². The summed E-state index contributed by atoms with van der Waals surface area (Å²) in [5.41, 5.74) is 2.53. The summed E-state index contributed by atoms with van der Waals surface area (Å²) in [5, 5.41) is 18.2. The van der Waals surface area contributed by atoms with Crippen LogP contribution >= 0.6 is 23.2 Å². The third-order valence-electron chi connectivity index (χ3n) is 4.30. The molecule has 0 radical (unpaired) electrons. The number of halogens is 2. The van der Waals surface area contributed by atoms with E-state index in [0.29, 0.717) is 27.0 Å². The summed E-state index contributed by atoms with van der Waals surface area (Å²) in [6.07, 6.45) is 1.38. The molecule has 2 aromatic carbocycles. The Bertz CT molecular complexity index is 1280. The van der Waals surface area contributed by atoms with Gasteiger partial charge in [-0.1, -0.05) is 29.3 Å². The number of carbonyl (C=O) groups excluding carboxylic acids is 1. The van der Waals surface area contributed by atoms with E-state index in [1.54, 1.807) is 42.5 Å². The number of carbonyl (C=O) groups is 1.